The zero-order chi connectivity index (χ0) is 25.2. The molecule has 194 valence electrons. The SMILES string of the molecule is CCCCCC/C=C/CC/C=C/C(O)C(COP(=O)(O)OCC[N+](C)(C)C)NC(=O)CCC. The molecule has 0 aromatic heterocycles. The molecule has 0 saturated carbocycles. The van der Waals surface area contributed by atoms with Crippen molar-refractivity contribution >= 4 is 13.7 Å². The van der Waals surface area contributed by atoms with E-state index in [0.29, 0.717) is 23.9 Å². The molecule has 0 aliphatic heterocycles. The average Bonchev–Trinajstić information content (AvgIpc) is 2.71. The Morgan fingerprint density at radius 2 is 1.67 bits per heavy atom. The Kier molecular flexibility index (Phi) is 17.8. The number of hydrogen-bond acceptors (Lipinski definition) is 5. The van der Waals surface area contributed by atoms with E-state index in [1.165, 1.54) is 25.7 Å². The normalized spacial score (nSPS) is 16.2. The predicted octanol–water partition coefficient (Wildman–Crippen LogP) is 4.34. The van der Waals surface area contributed by atoms with Gasteiger partial charge < -0.3 is 19.8 Å². The Labute approximate surface area is 201 Å². The van der Waals surface area contributed by atoms with Crippen LogP contribution in [0.15, 0.2) is 24.3 Å². The van der Waals surface area contributed by atoms with Gasteiger partial charge in [0, 0.05) is 6.42 Å². The predicted molar refractivity (Wildman–Crippen MR) is 134 cm³/mol. The first kappa shape index (κ1) is 32.0. The minimum atomic E-state index is -4.29. The van der Waals surface area contributed by atoms with Gasteiger partial charge in [0.05, 0.1) is 39.9 Å². The number of nitrogens with zero attached hydrogens (tertiary/aromatic N) is 1. The van der Waals surface area contributed by atoms with Crippen LogP contribution in [0.4, 0.5) is 0 Å². The molecule has 0 rings (SSSR count). The summed E-state index contributed by atoms with van der Waals surface area (Å²) in [5, 5.41) is 13.2. The highest BCUT2D eigenvalue weighted by molar-refractivity contribution is 7.47. The first-order valence-electron chi connectivity index (χ1n) is 12.2. The van der Waals surface area contributed by atoms with Gasteiger partial charge in [-0.25, -0.2) is 4.57 Å². The van der Waals surface area contributed by atoms with Crippen molar-refractivity contribution in [3.8, 4) is 0 Å². The molecule has 0 bridgehead atoms. The van der Waals surface area contributed by atoms with Gasteiger partial charge in [0.25, 0.3) is 0 Å². The summed E-state index contributed by atoms with van der Waals surface area (Å²) in [6.45, 7) is 4.33. The second kappa shape index (κ2) is 18.3. The van der Waals surface area contributed by atoms with Gasteiger partial charge in [-0.15, -0.1) is 0 Å². The zero-order valence-corrected chi connectivity index (χ0v) is 22.3. The van der Waals surface area contributed by atoms with E-state index in [1.54, 1.807) is 6.08 Å². The van der Waals surface area contributed by atoms with Gasteiger partial charge >= 0.3 is 7.82 Å². The van der Waals surface area contributed by atoms with E-state index in [9.17, 15) is 19.4 Å². The Morgan fingerprint density at radius 1 is 1.00 bits per heavy atom. The molecule has 9 heteroatoms. The lowest BCUT2D eigenvalue weighted by Gasteiger charge is -2.25. The molecule has 0 spiro atoms. The van der Waals surface area contributed by atoms with E-state index in [4.69, 9.17) is 9.05 Å². The summed E-state index contributed by atoms with van der Waals surface area (Å²) in [6, 6.07) is -0.850. The van der Waals surface area contributed by atoms with E-state index in [2.05, 4.69) is 24.4 Å². The topological polar surface area (TPSA) is 105 Å². The Hall–Kier alpha value is -1.02. The van der Waals surface area contributed by atoms with E-state index in [0.717, 1.165) is 19.3 Å². The van der Waals surface area contributed by atoms with E-state index in [-0.39, 0.29) is 19.1 Å². The summed E-state index contributed by atoms with van der Waals surface area (Å²) in [6.07, 6.45) is 15.4. The molecular weight excluding hydrogens is 443 g/mol. The number of aliphatic hydroxyl groups is 1. The minimum absolute atomic E-state index is 0.0543. The highest BCUT2D eigenvalue weighted by atomic mass is 31.2. The monoisotopic (exact) mass is 491 g/mol. The van der Waals surface area contributed by atoms with Crippen LogP contribution in [-0.4, -0.2) is 73.4 Å². The van der Waals surface area contributed by atoms with Gasteiger partial charge in [-0.3, -0.25) is 13.8 Å². The van der Waals surface area contributed by atoms with Crippen LogP contribution in [0.5, 0.6) is 0 Å². The number of rotatable bonds is 20. The molecule has 8 nitrogen and oxygen atoms in total. The van der Waals surface area contributed by atoms with Crippen molar-refractivity contribution in [2.75, 3.05) is 40.9 Å². The molecule has 1 amide bonds. The van der Waals surface area contributed by atoms with Crippen LogP contribution in [-0.2, 0) is 18.4 Å². The Balaban J connectivity index is 4.62. The smallest absolute Gasteiger partial charge is 0.387 e. The molecule has 0 heterocycles. The van der Waals surface area contributed by atoms with Crippen molar-refractivity contribution in [3.63, 3.8) is 0 Å². The molecule has 0 radical (unpaired) electrons. The van der Waals surface area contributed by atoms with Crippen LogP contribution < -0.4 is 5.32 Å². The summed E-state index contributed by atoms with van der Waals surface area (Å²) >= 11 is 0. The van der Waals surface area contributed by atoms with Crippen LogP contribution in [0.3, 0.4) is 0 Å². The average molecular weight is 492 g/mol. The fourth-order valence-electron chi connectivity index (χ4n) is 2.86. The third kappa shape index (κ3) is 20.1. The maximum Gasteiger partial charge on any atom is 0.472 e. The maximum absolute atomic E-state index is 12.2. The summed E-state index contributed by atoms with van der Waals surface area (Å²) < 4.78 is 22.8. The fourth-order valence-corrected chi connectivity index (χ4v) is 3.60. The van der Waals surface area contributed by atoms with E-state index in [1.807, 2.05) is 34.1 Å². The van der Waals surface area contributed by atoms with Crippen LogP contribution in [0, 0.1) is 0 Å². The number of phosphoric acid groups is 1. The molecule has 0 aliphatic carbocycles. The van der Waals surface area contributed by atoms with Gasteiger partial charge in [0.15, 0.2) is 0 Å². The van der Waals surface area contributed by atoms with Crippen molar-refractivity contribution in [1.82, 2.24) is 5.32 Å². The maximum atomic E-state index is 12.2. The van der Waals surface area contributed by atoms with Gasteiger partial charge in [-0.05, 0) is 32.1 Å². The first-order chi connectivity index (χ1) is 15.5. The largest absolute Gasteiger partial charge is 0.472 e. The molecule has 0 aromatic carbocycles. The van der Waals surface area contributed by atoms with Crippen molar-refractivity contribution in [3.05, 3.63) is 24.3 Å². The molecule has 3 unspecified atom stereocenters. The number of unbranched alkanes of at least 4 members (excludes halogenated alkanes) is 5. The second-order valence-electron chi connectivity index (χ2n) is 9.35. The number of likely N-dealkylation sites (N-methyl/N-ethyl adjacent to an activating group) is 1. The quantitative estimate of drug-likeness (QED) is 0.101. The number of amides is 1. The van der Waals surface area contributed by atoms with Crippen LogP contribution in [0.2, 0.25) is 0 Å². The lowest BCUT2D eigenvalue weighted by Crippen LogP contribution is -2.45. The summed E-state index contributed by atoms with van der Waals surface area (Å²) in [7, 11) is 1.54. The minimum Gasteiger partial charge on any atom is -0.387 e. The fraction of sp³-hybridized carbons (Fsp3) is 0.792. The third-order valence-electron chi connectivity index (χ3n) is 4.89. The standard InChI is InChI=1S/C24H47N2O6P/c1-6-8-9-10-11-12-13-14-15-16-18-23(27)22(25-24(28)17-7-2)21-32-33(29,30)31-20-19-26(3,4)5/h12-13,16,18,22-23,27H,6-11,14-15,17,19-21H2,1-5H3,(H-,25,28,29,30)/p+1/b13-12+,18-16+. The molecule has 3 atom stereocenters. The number of phosphoric ester groups is 1. The molecular formula is C24H48N2O6P+. The molecule has 3 N–H and O–H groups in total. The molecule has 0 aromatic rings. The second-order valence-corrected chi connectivity index (χ2v) is 10.8. The number of allylic oxidation sites excluding steroid dienone is 3. The number of quaternary nitrogens is 1. The van der Waals surface area contributed by atoms with Crippen molar-refractivity contribution < 1.29 is 32.9 Å². The highest BCUT2D eigenvalue weighted by Gasteiger charge is 2.27. The van der Waals surface area contributed by atoms with Crippen molar-refractivity contribution in [2.24, 2.45) is 0 Å². The highest BCUT2D eigenvalue weighted by Crippen LogP contribution is 2.43. The number of hydrogen-bond donors (Lipinski definition) is 3. The molecule has 0 aliphatic rings. The van der Waals surface area contributed by atoms with Crippen LogP contribution in [0.25, 0.3) is 0 Å². The zero-order valence-electron chi connectivity index (χ0n) is 21.4. The van der Waals surface area contributed by atoms with Crippen LogP contribution >= 0.6 is 7.82 Å². The molecule has 33 heavy (non-hydrogen) atoms. The number of aliphatic hydroxyl groups excluding tert-OH is 1. The molecule has 0 fully saturated rings. The number of carbonyl (C=O) groups is 1. The van der Waals surface area contributed by atoms with Crippen LogP contribution in [0.1, 0.15) is 71.6 Å². The van der Waals surface area contributed by atoms with Gasteiger partial charge in [-0.2, -0.15) is 0 Å². The summed E-state index contributed by atoms with van der Waals surface area (Å²) in [5.74, 6) is -0.247. The summed E-state index contributed by atoms with van der Waals surface area (Å²) in [4.78, 5) is 22.0. The van der Waals surface area contributed by atoms with Crippen molar-refractivity contribution in [1.29, 1.82) is 0 Å². The first-order valence-corrected chi connectivity index (χ1v) is 13.7. The third-order valence-corrected chi connectivity index (χ3v) is 5.88. The molecule has 0 saturated heterocycles. The lowest BCUT2D eigenvalue weighted by molar-refractivity contribution is -0.870. The summed E-state index contributed by atoms with van der Waals surface area (Å²) in [5.41, 5.74) is 0. The number of nitrogens with one attached hydrogen (secondary N) is 1. The Morgan fingerprint density at radius 3 is 2.30 bits per heavy atom. The van der Waals surface area contributed by atoms with E-state index >= 15 is 0 Å². The lowest BCUT2D eigenvalue weighted by atomic mass is 10.1. The number of carbonyl (C=O) groups excluding carboxylic acids is 1. The van der Waals surface area contributed by atoms with Gasteiger partial charge in [-0.1, -0.05) is 57.4 Å². The van der Waals surface area contributed by atoms with Crippen molar-refractivity contribution in [2.45, 2.75) is 83.8 Å². The van der Waals surface area contributed by atoms with Gasteiger partial charge in [0.1, 0.15) is 13.2 Å². The van der Waals surface area contributed by atoms with E-state index < -0.39 is 20.0 Å². The Bertz CT molecular complexity index is 619. The van der Waals surface area contributed by atoms with Gasteiger partial charge in [0.2, 0.25) is 5.91 Å².